The summed E-state index contributed by atoms with van der Waals surface area (Å²) in [6.07, 6.45) is 1.25. The van der Waals surface area contributed by atoms with Crippen molar-refractivity contribution >= 4 is 25.3 Å². The number of thioether (sulfide) groups is 1. The van der Waals surface area contributed by atoms with E-state index >= 15 is 0 Å². The summed E-state index contributed by atoms with van der Waals surface area (Å²) in [5.41, 5.74) is 5.01. The average molecular weight is 499 g/mol. The van der Waals surface area contributed by atoms with E-state index in [1.54, 1.807) is 31.2 Å². The molecule has 1 aromatic heterocycles. The number of benzene rings is 1. The van der Waals surface area contributed by atoms with Crippen LogP contribution >= 0.6 is 19.5 Å². The summed E-state index contributed by atoms with van der Waals surface area (Å²) in [5, 5.41) is 14.0. The fraction of sp³-hybridized carbons (Fsp3) is 0.524. The van der Waals surface area contributed by atoms with E-state index in [0.29, 0.717) is 12.2 Å². The highest BCUT2D eigenvalue weighted by Crippen LogP contribution is 2.49. The minimum absolute atomic E-state index is 0.0932. The van der Waals surface area contributed by atoms with Crippen LogP contribution in [0.25, 0.3) is 0 Å². The normalized spacial score (nSPS) is 27.7. The third-order valence-corrected chi connectivity index (χ3v) is 8.67. The Balaban J connectivity index is 1.81. The Hall–Kier alpha value is -1.88. The van der Waals surface area contributed by atoms with Gasteiger partial charge in [-0.25, -0.2) is 14.4 Å². The van der Waals surface area contributed by atoms with E-state index in [2.05, 4.69) is 10.1 Å². The highest BCUT2D eigenvalue weighted by molar-refractivity contribution is 8.00. The van der Waals surface area contributed by atoms with Gasteiger partial charge in [0.1, 0.15) is 23.8 Å². The third-order valence-electron chi connectivity index (χ3n) is 5.65. The van der Waals surface area contributed by atoms with Gasteiger partial charge in [0.25, 0.3) is 0 Å². The molecule has 4 N–H and O–H groups in total. The van der Waals surface area contributed by atoms with E-state index in [9.17, 15) is 14.5 Å². The fourth-order valence-electron chi connectivity index (χ4n) is 3.43. The molecule has 0 radical (unpaired) electrons. The second-order valence-electron chi connectivity index (χ2n) is 8.04. The maximum atomic E-state index is 13.5. The molecule has 33 heavy (non-hydrogen) atoms. The molecular formula is C21H31N4O6PS. The van der Waals surface area contributed by atoms with Gasteiger partial charge in [0.15, 0.2) is 6.23 Å². The van der Waals surface area contributed by atoms with E-state index in [4.69, 9.17) is 19.5 Å². The minimum Gasteiger partial charge on any atom is -0.413 e. The summed E-state index contributed by atoms with van der Waals surface area (Å²) >= 11 is 1.35. The van der Waals surface area contributed by atoms with Crippen LogP contribution in [-0.2, 0) is 13.8 Å². The van der Waals surface area contributed by atoms with Gasteiger partial charge in [0.05, 0.1) is 11.4 Å². The average Bonchev–Trinajstić information content (AvgIpc) is 3.04. The van der Waals surface area contributed by atoms with Gasteiger partial charge in [-0.05, 0) is 44.7 Å². The number of para-hydroxylation sites is 1. The Kier molecular flexibility index (Phi) is 8.26. The van der Waals surface area contributed by atoms with Crippen molar-refractivity contribution in [3.63, 3.8) is 0 Å². The van der Waals surface area contributed by atoms with Crippen LogP contribution in [0.1, 0.15) is 33.4 Å². The standard InChI is InChI=1S/C21H31N4O6PS/c1-5-14(2)24-32(28,31-15-9-7-6-8-10-15)29-13-16-18(26)21(3,33-4)19(30-16)25-12-11-17(22)23-20(25)27/h6-12,14,16,18-19,26H,5,13H2,1-4H3,(H,24,28)(H2,22,23,27). The number of aromatic nitrogens is 2. The molecule has 0 saturated carbocycles. The van der Waals surface area contributed by atoms with Gasteiger partial charge in [0, 0.05) is 12.2 Å². The van der Waals surface area contributed by atoms with Crippen LogP contribution in [0.3, 0.4) is 0 Å². The smallest absolute Gasteiger partial charge is 0.413 e. The van der Waals surface area contributed by atoms with Crippen LogP contribution in [0, 0.1) is 0 Å². The Morgan fingerprint density at radius 1 is 1.39 bits per heavy atom. The van der Waals surface area contributed by atoms with Crippen molar-refractivity contribution in [3.8, 4) is 5.75 Å². The van der Waals surface area contributed by atoms with E-state index < -0.39 is 36.6 Å². The van der Waals surface area contributed by atoms with E-state index in [-0.39, 0.29) is 18.5 Å². The maximum Gasteiger partial charge on any atom is 0.459 e. The Bertz CT molecular complexity index is 1040. The molecule has 182 valence electrons. The number of hydrogen-bond donors (Lipinski definition) is 3. The molecule has 1 aromatic carbocycles. The Labute approximate surface area is 197 Å². The van der Waals surface area contributed by atoms with E-state index in [1.165, 1.54) is 28.6 Å². The lowest BCUT2D eigenvalue weighted by Gasteiger charge is -2.31. The summed E-state index contributed by atoms with van der Waals surface area (Å²) in [6.45, 7) is 5.37. The summed E-state index contributed by atoms with van der Waals surface area (Å²) in [6, 6.07) is 10.0. The van der Waals surface area contributed by atoms with Crippen LogP contribution in [0.5, 0.6) is 5.75 Å². The van der Waals surface area contributed by atoms with Crippen LogP contribution in [-0.4, -0.2) is 50.5 Å². The van der Waals surface area contributed by atoms with Crippen molar-refractivity contribution < 1.29 is 23.5 Å². The first-order valence-corrected chi connectivity index (χ1v) is 13.4. The summed E-state index contributed by atoms with van der Waals surface area (Å²) in [5.74, 6) is 0.478. The van der Waals surface area contributed by atoms with Gasteiger partial charge in [0.2, 0.25) is 0 Å². The monoisotopic (exact) mass is 498 g/mol. The molecule has 1 saturated heterocycles. The predicted octanol–water partition coefficient (Wildman–Crippen LogP) is 2.80. The van der Waals surface area contributed by atoms with Crippen LogP contribution in [0.4, 0.5) is 5.82 Å². The van der Waals surface area contributed by atoms with Crippen molar-refractivity contribution in [2.75, 3.05) is 18.6 Å². The van der Waals surface area contributed by atoms with Gasteiger partial charge < -0.3 is 20.1 Å². The first-order chi connectivity index (χ1) is 15.6. The second-order valence-corrected chi connectivity index (χ2v) is 11.0. The Morgan fingerprint density at radius 2 is 2.09 bits per heavy atom. The number of nitrogens with one attached hydrogen (secondary N) is 1. The van der Waals surface area contributed by atoms with E-state index in [1.807, 2.05) is 26.2 Å². The van der Waals surface area contributed by atoms with Crippen molar-refractivity contribution in [3.05, 3.63) is 53.1 Å². The van der Waals surface area contributed by atoms with Crippen molar-refractivity contribution in [1.29, 1.82) is 0 Å². The zero-order chi connectivity index (χ0) is 24.2. The molecule has 1 aliphatic heterocycles. The zero-order valence-corrected chi connectivity index (χ0v) is 20.8. The van der Waals surface area contributed by atoms with Crippen molar-refractivity contribution in [2.24, 2.45) is 0 Å². The first kappa shape index (κ1) is 25.7. The topological polar surface area (TPSA) is 138 Å². The molecule has 12 heteroatoms. The predicted molar refractivity (Wildman–Crippen MR) is 128 cm³/mol. The van der Waals surface area contributed by atoms with Gasteiger partial charge in [-0.15, -0.1) is 0 Å². The highest BCUT2D eigenvalue weighted by Gasteiger charge is 2.54. The molecular weight excluding hydrogens is 467 g/mol. The minimum atomic E-state index is -3.80. The molecule has 10 nitrogen and oxygen atoms in total. The number of rotatable bonds is 10. The summed E-state index contributed by atoms with van der Waals surface area (Å²) < 4.78 is 31.4. The second kappa shape index (κ2) is 10.6. The number of hydrogen-bond acceptors (Lipinski definition) is 9. The molecule has 6 atom stereocenters. The lowest BCUT2D eigenvalue weighted by molar-refractivity contribution is -0.0435. The largest absolute Gasteiger partial charge is 0.459 e. The SMILES string of the molecule is CCC(C)NP(=O)(OCC1OC(n2ccc(N)nc2=O)C(C)(SC)C1O)Oc1ccccc1. The first-order valence-electron chi connectivity index (χ1n) is 10.6. The van der Waals surface area contributed by atoms with Crippen molar-refractivity contribution in [1.82, 2.24) is 14.6 Å². The Morgan fingerprint density at radius 3 is 2.70 bits per heavy atom. The van der Waals surface area contributed by atoms with Crippen LogP contribution in [0.2, 0.25) is 0 Å². The van der Waals surface area contributed by atoms with Crippen molar-refractivity contribution in [2.45, 2.75) is 56.4 Å². The van der Waals surface area contributed by atoms with Crippen LogP contribution < -0.4 is 21.0 Å². The van der Waals surface area contributed by atoms with Gasteiger partial charge in [-0.1, -0.05) is 25.1 Å². The quantitative estimate of drug-likeness (QED) is 0.419. The molecule has 0 spiro atoms. The van der Waals surface area contributed by atoms with Gasteiger partial charge in [-0.3, -0.25) is 9.09 Å². The maximum absolute atomic E-state index is 13.5. The molecule has 0 amide bonds. The highest BCUT2D eigenvalue weighted by atomic mass is 32.2. The lowest BCUT2D eigenvalue weighted by Crippen LogP contribution is -2.44. The number of aliphatic hydroxyl groups is 1. The van der Waals surface area contributed by atoms with Gasteiger partial charge in [-0.2, -0.15) is 16.7 Å². The number of nitrogens with zero attached hydrogens (tertiary/aromatic N) is 2. The molecule has 0 aliphatic carbocycles. The van der Waals surface area contributed by atoms with Crippen LogP contribution in [0.15, 0.2) is 47.4 Å². The summed E-state index contributed by atoms with van der Waals surface area (Å²) in [7, 11) is -3.80. The molecule has 1 aliphatic rings. The molecule has 0 bridgehead atoms. The number of anilines is 1. The molecule has 2 heterocycles. The van der Waals surface area contributed by atoms with E-state index in [0.717, 1.165) is 0 Å². The number of nitrogen functional groups attached to an aromatic ring is 1. The fourth-order valence-corrected chi connectivity index (χ4v) is 5.84. The third kappa shape index (κ3) is 5.79. The molecule has 3 rings (SSSR count). The molecule has 2 aromatic rings. The zero-order valence-electron chi connectivity index (χ0n) is 19.1. The molecule has 6 unspecified atom stereocenters. The number of aliphatic hydroxyl groups excluding tert-OH is 1. The summed E-state index contributed by atoms with van der Waals surface area (Å²) in [4.78, 5) is 16.2. The van der Waals surface area contributed by atoms with Gasteiger partial charge >= 0.3 is 13.4 Å². The number of ether oxygens (including phenoxy) is 1. The molecule has 1 fully saturated rings. The number of nitrogens with two attached hydrogens (primary N) is 1. The lowest BCUT2D eigenvalue weighted by atomic mass is 10.0.